The van der Waals surface area contributed by atoms with Crippen LogP contribution in [-0.2, 0) is 9.84 Å². The average Bonchev–Trinajstić information content (AvgIpc) is 2.59. The summed E-state index contributed by atoms with van der Waals surface area (Å²) >= 11 is 0. The monoisotopic (exact) mass is 337 g/mol. The Labute approximate surface area is 141 Å². The zero-order chi connectivity index (χ0) is 17.7. The molecular weight excluding hydrogens is 322 g/mol. The van der Waals surface area contributed by atoms with E-state index in [1.54, 1.807) is 47.4 Å². The number of benzene rings is 2. The maximum absolute atomic E-state index is 12.5. The molecule has 24 heavy (non-hydrogen) atoms. The molecule has 2 aromatic carbocycles. The highest BCUT2D eigenvalue weighted by atomic mass is 32.2. The van der Waals surface area contributed by atoms with Gasteiger partial charge in [0.25, 0.3) is 0 Å². The normalized spacial score (nSPS) is 11.4. The molecule has 0 unspecified atom stereocenters. The van der Waals surface area contributed by atoms with E-state index in [1.807, 2.05) is 14.1 Å². The number of hydrogen-bond donors (Lipinski definition) is 0. The fourth-order valence-electron chi connectivity index (χ4n) is 2.17. The summed E-state index contributed by atoms with van der Waals surface area (Å²) in [7, 11) is -0.265. The molecule has 2 aromatic rings. The molecule has 0 atom stereocenters. The molecule has 2 rings (SSSR count). The van der Waals surface area contributed by atoms with Crippen molar-refractivity contribution in [2.45, 2.75) is 4.90 Å². The molecule has 0 aliphatic rings. The molecule has 0 aliphatic carbocycles. The van der Waals surface area contributed by atoms with Crippen molar-refractivity contribution >= 4 is 21.6 Å². The van der Waals surface area contributed by atoms with Crippen LogP contribution in [0.1, 0.15) is 11.1 Å². The van der Waals surface area contributed by atoms with E-state index < -0.39 is 9.84 Å². The van der Waals surface area contributed by atoms with Gasteiger partial charge in [-0.3, -0.25) is 0 Å². The molecule has 6 heteroatoms. The Morgan fingerprint density at radius 1 is 1.08 bits per heavy atom. The SMILES string of the molecule is CN(C)c1ccc(/C=C(\C#N)S(=O)(=O)c2ccccc2)cc1C#N. The van der Waals surface area contributed by atoms with Crippen LogP contribution in [0.4, 0.5) is 5.69 Å². The maximum Gasteiger partial charge on any atom is 0.216 e. The van der Waals surface area contributed by atoms with Crippen LogP contribution in [0, 0.1) is 22.7 Å². The molecule has 0 spiro atoms. The molecule has 0 aliphatic heterocycles. The summed E-state index contributed by atoms with van der Waals surface area (Å²) in [4.78, 5) is 1.48. The van der Waals surface area contributed by atoms with Crippen LogP contribution in [0.2, 0.25) is 0 Å². The third-order valence-electron chi connectivity index (χ3n) is 3.37. The molecule has 0 bridgehead atoms. The lowest BCUT2D eigenvalue weighted by Crippen LogP contribution is -2.10. The minimum atomic E-state index is -3.89. The number of anilines is 1. The molecule has 0 radical (unpaired) electrons. The van der Waals surface area contributed by atoms with Crippen LogP contribution in [0.5, 0.6) is 0 Å². The number of rotatable bonds is 4. The van der Waals surface area contributed by atoms with E-state index in [4.69, 9.17) is 0 Å². The maximum atomic E-state index is 12.5. The quantitative estimate of drug-likeness (QED) is 0.801. The topological polar surface area (TPSA) is 85.0 Å². The zero-order valence-electron chi connectivity index (χ0n) is 13.3. The average molecular weight is 337 g/mol. The van der Waals surface area contributed by atoms with Crippen molar-refractivity contribution in [3.63, 3.8) is 0 Å². The highest BCUT2D eigenvalue weighted by molar-refractivity contribution is 7.95. The van der Waals surface area contributed by atoms with E-state index in [1.165, 1.54) is 18.2 Å². The molecule has 0 heterocycles. The van der Waals surface area contributed by atoms with Gasteiger partial charge in [0.05, 0.1) is 16.1 Å². The first-order valence-electron chi connectivity index (χ1n) is 7.03. The minimum Gasteiger partial charge on any atom is -0.377 e. The van der Waals surface area contributed by atoms with Gasteiger partial charge in [-0.1, -0.05) is 24.3 Å². The van der Waals surface area contributed by atoms with E-state index in [0.717, 1.165) is 5.69 Å². The Balaban J connectivity index is 2.53. The highest BCUT2D eigenvalue weighted by Gasteiger charge is 2.20. The molecule has 0 N–H and O–H groups in total. The molecule has 5 nitrogen and oxygen atoms in total. The van der Waals surface area contributed by atoms with Gasteiger partial charge in [0.2, 0.25) is 9.84 Å². The van der Waals surface area contributed by atoms with Crippen LogP contribution in [0.25, 0.3) is 6.08 Å². The standard InChI is InChI=1S/C18H15N3O2S/c1-21(2)18-9-8-14(10-15(18)12-19)11-17(13-20)24(22,23)16-6-4-3-5-7-16/h3-11H,1-2H3/b17-11+. The number of nitriles is 2. The number of allylic oxidation sites excluding steroid dienone is 1. The number of nitrogens with zero attached hydrogens (tertiary/aromatic N) is 3. The van der Waals surface area contributed by atoms with Gasteiger partial charge in [0, 0.05) is 14.1 Å². The van der Waals surface area contributed by atoms with E-state index in [2.05, 4.69) is 6.07 Å². The first-order chi connectivity index (χ1) is 11.4. The molecule has 0 fully saturated rings. The summed E-state index contributed by atoms with van der Waals surface area (Å²) in [6.45, 7) is 0. The minimum absolute atomic E-state index is 0.0585. The summed E-state index contributed by atoms with van der Waals surface area (Å²) in [6.07, 6.45) is 1.28. The molecule has 0 amide bonds. The zero-order valence-corrected chi connectivity index (χ0v) is 14.1. The summed E-state index contributed by atoms with van der Waals surface area (Å²) in [5.41, 5.74) is 1.61. The number of hydrogen-bond acceptors (Lipinski definition) is 5. The molecule has 0 aromatic heterocycles. The van der Waals surface area contributed by atoms with Crippen molar-refractivity contribution in [1.29, 1.82) is 10.5 Å². The second kappa shape index (κ2) is 6.99. The molecule has 0 saturated heterocycles. The lowest BCUT2D eigenvalue weighted by molar-refractivity contribution is 0.603. The van der Waals surface area contributed by atoms with Gasteiger partial charge in [-0.2, -0.15) is 10.5 Å². The Hall–Kier alpha value is -3.09. The smallest absolute Gasteiger partial charge is 0.216 e. The third-order valence-corrected chi connectivity index (χ3v) is 5.05. The van der Waals surface area contributed by atoms with Crippen LogP contribution in [0.3, 0.4) is 0 Å². The first-order valence-corrected chi connectivity index (χ1v) is 8.52. The van der Waals surface area contributed by atoms with E-state index in [0.29, 0.717) is 11.1 Å². The summed E-state index contributed by atoms with van der Waals surface area (Å²) in [5.74, 6) is 0. The Bertz CT molecular complexity index is 964. The van der Waals surface area contributed by atoms with Crippen molar-refractivity contribution in [2.75, 3.05) is 19.0 Å². The van der Waals surface area contributed by atoms with Crippen LogP contribution in [0.15, 0.2) is 58.3 Å². The van der Waals surface area contributed by atoms with Gasteiger partial charge in [0.15, 0.2) is 0 Å². The van der Waals surface area contributed by atoms with Gasteiger partial charge in [0.1, 0.15) is 17.0 Å². The predicted molar refractivity (Wildman–Crippen MR) is 92.7 cm³/mol. The Morgan fingerprint density at radius 3 is 2.29 bits per heavy atom. The van der Waals surface area contributed by atoms with Gasteiger partial charge < -0.3 is 4.90 Å². The molecular formula is C18H15N3O2S. The van der Waals surface area contributed by atoms with Gasteiger partial charge in [-0.25, -0.2) is 8.42 Å². The Kier molecular flexibility index (Phi) is 5.03. The third kappa shape index (κ3) is 3.45. The molecule has 120 valence electrons. The van der Waals surface area contributed by atoms with Gasteiger partial charge in [-0.05, 0) is 35.9 Å². The van der Waals surface area contributed by atoms with E-state index >= 15 is 0 Å². The van der Waals surface area contributed by atoms with E-state index in [9.17, 15) is 18.9 Å². The van der Waals surface area contributed by atoms with Crippen LogP contribution < -0.4 is 4.90 Å². The van der Waals surface area contributed by atoms with Crippen molar-refractivity contribution < 1.29 is 8.42 Å². The number of sulfone groups is 1. The van der Waals surface area contributed by atoms with Crippen molar-refractivity contribution in [1.82, 2.24) is 0 Å². The second-order valence-electron chi connectivity index (χ2n) is 5.22. The lowest BCUT2D eigenvalue weighted by Gasteiger charge is -2.14. The molecule has 0 saturated carbocycles. The van der Waals surface area contributed by atoms with Crippen LogP contribution in [-0.4, -0.2) is 22.5 Å². The fraction of sp³-hybridized carbons (Fsp3) is 0.111. The van der Waals surface area contributed by atoms with Crippen molar-refractivity contribution in [2.24, 2.45) is 0 Å². The second-order valence-corrected chi connectivity index (χ2v) is 7.14. The predicted octanol–water partition coefficient (Wildman–Crippen LogP) is 2.96. The van der Waals surface area contributed by atoms with Gasteiger partial charge >= 0.3 is 0 Å². The fourth-order valence-corrected chi connectivity index (χ4v) is 3.35. The lowest BCUT2D eigenvalue weighted by atomic mass is 10.1. The summed E-state index contributed by atoms with van der Waals surface area (Å²) in [6, 6.07) is 16.6. The highest BCUT2D eigenvalue weighted by Crippen LogP contribution is 2.24. The van der Waals surface area contributed by atoms with Crippen LogP contribution >= 0.6 is 0 Å². The first kappa shape index (κ1) is 17.3. The van der Waals surface area contributed by atoms with E-state index in [-0.39, 0.29) is 9.80 Å². The Morgan fingerprint density at radius 2 is 1.75 bits per heavy atom. The largest absolute Gasteiger partial charge is 0.377 e. The van der Waals surface area contributed by atoms with Crippen molar-refractivity contribution in [3.8, 4) is 12.1 Å². The van der Waals surface area contributed by atoms with Gasteiger partial charge in [-0.15, -0.1) is 0 Å². The summed E-state index contributed by atoms with van der Waals surface area (Å²) < 4.78 is 25.1. The van der Waals surface area contributed by atoms with Crippen molar-refractivity contribution in [3.05, 3.63) is 64.6 Å². The summed E-state index contributed by atoms with van der Waals surface area (Å²) in [5, 5.41) is 18.5.